The summed E-state index contributed by atoms with van der Waals surface area (Å²) in [7, 11) is -2.61. The van der Waals surface area contributed by atoms with Gasteiger partial charge in [0.2, 0.25) is 0 Å². The molecule has 1 amide bonds. The maximum atomic E-state index is 12.8. The van der Waals surface area contributed by atoms with Gasteiger partial charge in [-0.2, -0.15) is 8.42 Å². The van der Waals surface area contributed by atoms with Crippen LogP contribution in [0.25, 0.3) is 0 Å². The Morgan fingerprint density at radius 3 is 2.62 bits per heavy atom. The SMILES string of the molecule is COc1ccc2c(c1)N(CCCS(=O)(=O)O)C(=C1SC(=S)N(CC(=O)O)C1=O)S2. The van der Waals surface area contributed by atoms with Gasteiger partial charge in [0.25, 0.3) is 16.0 Å². The quantitative estimate of drug-likeness (QED) is 0.341. The summed E-state index contributed by atoms with van der Waals surface area (Å²) in [5.41, 5.74) is 0.725. The molecule has 2 aliphatic rings. The van der Waals surface area contributed by atoms with Crippen molar-refractivity contribution in [3.63, 3.8) is 0 Å². The first-order valence-electron chi connectivity index (χ1n) is 8.19. The standard InChI is InChI=1S/C16H16N2O7S4/c1-25-9-3-4-11-10(7-9)17(5-2-6-29(22,23)24)15(27-11)13-14(21)18(8-12(19)20)16(26)28-13/h3-4,7H,2,5-6,8H2,1H3,(H,19,20)(H,22,23,24). The van der Waals surface area contributed by atoms with E-state index in [4.69, 9.17) is 26.6 Å². The fourth-order valence-corrected chi connectivity index (χ4v) is 5.85. The average Bonchev–Trinajstić information content (AvgIpc) is 3.12. The van der Waals surface area contributed by atoms with Crippen LogP contribution in [0, 0.1) is 0 Å². The number of hydrogen-bond acceptors (Lipinski definition) is 9. The predicted octanol–water partition coefficient (Wildman–Crippen LogP) is 2.00. The Bertz CT molecular complexity index is 1020. The molecule has 0 unspecified atom stereocenters. The van der Waals surface area contributed by atoms with Gasteiger partial charge in [-0.3, -0.25) is 19.0 Å². The summed E-state index contributed by atoms with van der Waals surface area (Å²) in [6.07, 6.45) is 0.120. The van der Waals surface area contributed by atoms with Crippen LogP contribution in [0.1, 0.15) is 6.42 Å². The van der Waals surface area contributed by atoms with Crippen LogP contribution in [0.2, 0.25) is 0 Å². The first-order valence-corrected chi connectivity index (χ1v) is 11.8. The molecular weight excluding hydrogens is 460 g/mol. The Kier molecular flexibility index (Phi) is 6.43. The van der Waals surface area contributed by atoms with Crippen molar-refractivity contribution in [1.29, 1.82) is 0 Å². The zero-order chi connectivity index (χ0) is 21.3. The molecule has 0 bridgehead atoms. The predicted molar refractivity (Wildman–Crippen MR) is 114 cm³/mol. The molecule has 0 radical (unpaired) electrons. The highest BCUT2D eigenvalue weighted by atomic mass is 32.2. The number of rotatable bonds is 7. The number of hydrogen-bond donors (Lipinski definition) is 2. The third kappa shape index (κ3) is 4.86. The summed E-state index contributed by atoms with van der Waals surface area (Å²) in [6, 6.07) is 5.35. The molecule has 1 aromatic carbocycles. The summed E-state index contributed by atoms with van der Waals surface area (Å²) in [6.45, 7) is -0.318. The van der Waals surface area contributed by atoms with Crippen LogP contribution in [-0.2, 0) is 19.7 Å². The molecule has 0 saturated carbocycles. The van der Waals surface area contributed by atoms with E-state index in [1.165, 1.54) is 18.9 Å². The monoisotopic (exact) mass is 476 g/mol. The topological polar surface area (TPSA) is 124 Å². The van der Waals surface area contributed by atoms with Gasteiger partial charge in [0.1, 0.15) is 26.5 Å². The molecule has 9 nitrogen and oxygen atoms in total. The highest BCUT2D eigenvalue weighted by Crippen LogP contribution is 2.51. The van der Waals surface area contributed by atoms with Crippen molar-refractivity contribution in [2.45, 2.75) is 11.3 Å². The van der Waals surface area contributed by atoms with Crippen molar-refractivity contribution in [2.24, 2.45) is 0 Å². The second-order valence-corrected chi connectivity index (χ2v) is 10.3. The van der Waals surface area contributed by atoms with Crippen LogP contribution < -0.4 is 9.64 Å². The highest BCUT2D eigenvalue weighted by molar-refractivity contribution is 8.27. The van der Waals surface area contributed by atoms with Gasteiger partial charge < -0.3 is 14.7 Å². The number of amides is 1. The minimum absolute atomic E-state index is 0.120. The molecule has 3 rings (SSSR count). The van der Waals surface area contributed by atoms with Crippen molar-refractivity contribution in [1.82, 2.24) is 4.90 Å². The van der Waals surface area contributed by atoms with E-state index >= 15 is 0 Å². The molecule has 2 heterocycles. The lowest BCUT2D eigenvalue weighted by Gasteiger charge is -2.21. The lowest BCUT2D eigenvalue weighted by molar-refractivity contribution is -0.140. The number of carbonyl (C=O) groups excluding carboxylic acids is 1. The maximum Gasteiger partial charge on any atom is 0.323 e. The molecule has 2 N–H and O–H groups in total. The van der Waals surface area contributed by atoms with Crippen molar-refractivity contribution < 1.29 is 32.4 Å². The van der Waals surface area contributed by atoms with Crippen molar-refractivity contribution in [3.05, 3.63) is 28.1 Å². The number of thiocarbonyl (C=S) groups is 1. The van der Waals surface area contributed by atoms with E-state index in [1.54, 1.807) is 17.0 Å². The average molecular weight is 477 g/mol. The number of fused-ring (bicyclic) bond motifs is 1. The van der Waals surface area contributed by atoms with E-state index in [0.29, 0.717) is 10.8 Å². The van der Waals surface area contributed by atoms with Gasteiger partial charge in [0.05, 0.1) is 18.6 Å². The number of carbonyl (C=O) groups is 2. The number of aliphatic carboxylic acids is 1. The van der Waals surface area contributed by atoms with Crippen LogP contribution in [-0.4, -0.2) is 65.1 Å². The van der Waals surface area contributed by atoms with Gasteiger partial charge in [-0.05, 0) is 18.6 Å². The molecule has 2 aliphatic heterocycles. The van der Waals surface area contributed by atoms with E-state index in [2.05, 4.69) is 0 Å². The third-order valence-electron chi connectivity index (χ3n) is 4.03. The zero-order valence-corrected chi connectivity index (χ0v) is 18.3. The maximum absolute atomic E-state index is 12.8. The molecule has 1 saturated heterocycles. The van der Waals surface area contributed by atoms with Crippen LogP contribution in [0.3, 0.4) is 0 Å². The summed E-state index contributed by atoms with van der Waals surface area (Å²) in [5, 5.41) is 9.55. The first-order chi connectivity index (χ1) is 13.6. The second kappa shape index (κ2) is 8.52. The van der Waals surface area contributed by atoms with E-state index < -0.39 is 34.3 Å². The zero-order valence-electron chi connectivity index (χ0n) is 15.0. The minimum Gasteiger partial charge on any atom is -0.497 e. The van der Waals surface area contributed by atoms with E-state index in [-0.39, 0.29) is 22.2 Å². The number of carboxylic acids is 1. The number of anilines is 1. The van der Waals surface area contributed by atoms with Gasteiger partial charge >= 0.3 is 5.97 Å². The fourth-order valence-electron chi connectivity index (χ4n) is 2.78. The molecular formula is C16H16N2O7S4. The summed E-state index contributed by atoms with van der Waals surface area (Å²) < 4.78 is 36.6. The smallest absolute Gasteiger partial charge is 0.323 e. The van der Waals surface area contributed by atoms with Crippen LogP contribution >= 0.6 is 35.7 Å². The summed E-state index contributed by atoms with van der Waals surface area (Å²) in [5.74, 6) is -1.53. The second-order valence-electron chi connectivity index (χ2n) is 6.01. The molecule has 0 atom stereocenters. The van der Waals surface area contributed by atoms with Crippen LogP contribution in [0.4, 0.5) is 5.69 Å². The molecule has 0 aromatic heterocycles. The van der Waals surface area contributed by atoms with Crippen LogP contribution in [0.15, 0.2) is 33.0 Å². The van der Waals surface area contributed by atoms with Crippen LogP contribution in [0.5, 0.6) is 5.75 Å². The molecule has 0 aliphatic carbocycles. The number of nitrogens with zero attached hydrogens (tertiary/aromatic N) is 2. The normalized spacial score (nSPS) is 19.1. The number of thioether (sulfide) groups is 2. The van der Waals surface area contributed by atoms with Gasteiger partial charge in [-0.1, -0.05) is 35.7 Å². The van der Waals surface area contributed by atoms with E-state index in [0.717, 1.165) is 27.2 Å². The Hall–Kier alpha value is -1.80. The lowest BCUT2D eigenvalue weighted by Crippen LogP contribution is -2.34. The molecule has 0 spiro atoms. The minimum atomic E-state index is -4.12. The largest absolute Gasteiger partial charge is 0.497 e. The summed E-state index contributed by atoms with van der Waals surface area (Å²) in [4.78, 5) is 27.7. The van der Waals surface area contributed by atoms with Crippen molar-refractivity contribution >= 4 is 67.7 Å². The van der Waals surface area contributed by atoms with E-state index in [1.807, 2.05) is 6.07 Å². The van der Waals surface area contributed by atoms with Gasteiger partial charge in [0.15, 0.2) is 0 Å². The number of carboxylic acid groups (broad SMARTS) is 1. The number of benzene rings is 1. The van der Waals surface area contributed by atoms with E-state index in [9.17, 15) is 18.0 Å². The molecule has 156 valence electrons. The first kappa shape index (κ1) is 21.9. The summed E-state index contributed by atoms with van der Waals surface area (Å²) >= 11 is 7.47. The van der Waals surface area contributed by atoms with Gasteiger partial charge in [0, 0.05) is 17.5 Å². The number of ether oxygens (including phenoxy) is 1. The molecule has 13 heteroatoms. The molecule has 29 heavy (non-hydrogen) atoms. The Morgan fingerprint density at radius 1 is 1.28 bits per heavy atom. The van der Waals surface area contributed by atoms with Gasteiger partial charge in [-0.15, -0.1) is 0 Å². The van der Waals surface area contributed by atoms with Gasteiger partial charge in [-0.25, -0.2) is 0 Å². The Balaban J connectivity index is 1.98. The van der Waals surface area contributed by atoms with Crippen molar-refractivity contribution in [2.75, 3.05) is 30.9 Å². The number of methoxy groups -OCH3 is 1. The Labute approximate surface area is 180 Å². The third-order valence-corrected chi connectivity index (χ3v) is 7.58. The molecule has 1 aromatic rings. The Morgan fingerprint density at radius 2 is 2.00 bits per heavy atom. The molecule has 1 fully saturated rings. The fraction of sp³-hybridized carbons (Fsp3) is 0.312. The van der Waals surface area contributed by atoms with Crippen molar-refractivity contribution in [3.8, 4) is 5.75 Å². The highest BCUT2D eigenvalue weighted by Gasteiger charge is 2.39. The lowest BCUT2D eigenvalue weighted by atomic mass is 10.2.